The number of carbonyl (C=O) groups is 2. The molecule has 2 heterocycles. The minimum absolute atomic E-state index is 0.186. The second kappa shape index (κ2) is 11.3. The molecule has 0 aliphatic carbocycles. The highest BCUT2D eigenvalue weighted by Gasteiger charge is 2.05. The van der Waals surface area contributed by atoms with Crippen LogP contribution in [0.25, 0.3) is 0 Å². The van der Waals surface area contributed by atoms with E-state index in [2.05, 4.69) is 31.0 Å². The first-order valence-electron chi connectivity index (χ1n) is 9.03. The second-order valence-electron chi connectivity index (χ2n) is 6.15. The van der Waals surface area contributed by atoms with E-state index in [0.717, 1.165) is 11.1 Å². The van der Waals surface area contributed by atoms with Crippen molar-refractivity contribution in [2.45, 2.75) is 39.5 Å². The van der Waals surface area contributed by atoms with Gasteiger partial charge in [-0.05, 0) is 38.8 Å². The molecular formula is C20H24N6O2. The van der Waals surface area contributed by atoms with Crippen LogP contribution in [0.4, 0.5) is 0 Å². The fourth-order valence-electron chi connectivity index (χ4n) is 2.26. The molecule has 2 amide bonds. The Morgan fingerprint density at radius 2 is 1.25 bits per heavy atom. The SMILES string of the molecule is CC(=NNC(=O)CCCCC(=O)NN=C(C)c1cccnc1)c1cccnc1. The zero-order valence-electron chi connectivity index (χ0n) is 16.1. The Bertz CT molecular complexity index is 763. The molecule has 28 heavy (non-hydrogen) atoms. The summed E-state index contributed by atoms with van der Waals surface area (Å²) in [5.41, 5.74) is 8.10. The average Bonchev–Trinajstić information content (AvgIpc) is 2.74. The molecule has 0 spiro atoms. The summed E-state index contributed by atoms with van der Waals surface area (Å²) in [6, 6.07) is 7.36. The first-order valence-corrected chi connectivity index (χ1v) is 9.03. The molecule has 0 saturated carbocycles. The first-order chi connectivity index (χ1) is 13.6. The summed E-state index contributed by atoms with van der Waals surface area (Å²) in [5, 5.41) is 8.12. The maximum absolute atomic E-state index is 11.8. The molecule has 2 aromatic rings. The number of unbranched alkanes of at least 4 members (excludes halogenated alkanes) is 1. The van der Waals surface area contributed by atoms with Crippen molar-refractivity contribution in [1.82, 2.24) is 20.8 Å². The Morgan fingerprint density at radius 3 is 1.61 bits per heavy atom. The van der Waals surface area contributed by atoms with E-state index >= 15 is 0 Å². The molecule has 0 saturated heterocycles. The smallest absolute Gasteiger partial charge is 0.240 e. The number of nitrogens with one attached hydrogen (secondary N) is 2. The van der Waals surface area contributed by atoms with Crippen molar-refractivity contribution in [3.63, 3.8) is 0 Å². The number of carbonyl (C=O) groups excluding carboxylic acids is 2. The van der Waals surface area contributed by atoms with Crippen LogP contribution in [0.1, 0.15) is 50.7 Å². The van der Waals surface area contributed by atoms with Crippen LogP contribution in [-0.2, 0) is 9.59 Å². The van der Waals surface area contributed by atoms with Gasteiger partial charge in [0.1, 0.15) is 0 Å². The average molecular weight is 380 g/mol. The van der Waals surface area contributed by atoms with Gasteiger partial charge in [-0.1, -0.05) is 12.1 Å². The number of aromatic nitrogens is 2. The fraction of sp³-hybridized carbons (Fsp3) is 0.300. The van der Waals surface area contributed by atoms with Crippen molar-refractivity contribution >= 4 is 23.2 Å². The summed E-state index contributed by atoms with van der Waals surface area (Å²) in [7, 11) is 0. The van der Waals surface area contributed by atoms with Crippen molar-refractivity contribution in [3.8, 4) is 0 Å². The van der Waals surface area contributed by atoms with E-state index in [4.69, 9.17) is 0 Å². The molecule has 0 atom stereocenters. The quantitative estimate of drug-likeness (QED) is 0.395. The summed E-state index contributed by atoms with van der Waals surface area (Å²) in [5.74, 6) is -0.372. The molecule has 8 nitrogen and oxygen atoms in total. The number of hydrogen-bond acceptors (Lipinski definition) is 6. The van der Waals surface area contributed by atoms with Crippen LogP contribution in [-0.4, -0.2) is 33.2 Å². The van der Waals surface area contributed by atoms with Crippen molar-refractivity contribution in [2.75, 3.05) is 0 Å². The summed E-state index contributed by atoms with van der Waals surface area (Å²) >= 11 is 0. The molecular weight excluding hydrogens is 356 g/mol. The predicted octanol–water partition coefficient (Wildman–Crippen LogP) is 2.42. The Hall–Kier alpha value is -3.42. The number of rotatable bonds is 9. The zero-order valence-corrected chi connectivity index (χ0v) is 16.1. The molecule has 0 unspecified atom stereocenters. The second-order valence-corrected chi connectivity index (χ2v) is 6.15. The highest BCUT2D eigenvalue weighted by atomic mass is 16.2. The predicted molar refractivity (Wildman–Crippen MR) is 108 cm³/mol. The van der Waals surface area contributed by atoms with Gasteiger partial charge < -0.3 is 0 Å². The lowest BCUT2D eigenvalue weighted by atomic mass is 10.2. The Balaban J connectivity index is 1.64. The van der Waals surface area contributed by atoms with E-state index < -0.39 is 0 Å². The van der Waals surface area contributed by atoms with Crippen molar-refractivity contribution in [1.29, 1.82) is 0 Å². The molecule has 0 aromatic carbocycles. The van der Waals surface area contributed by atoms with Crippen molar-refractivity contribution in [3.05, 3.63) is 60.2 Å². The summed E-state index contributed by atoms with van der Waals surface area (Å²) in [6.07, 6.45) is 8.50. The highest BCUT2D eigenvalue weighted by Crippen LogP contribution is 2.02. The van der Waals surface area contributed by atoms with Crippen LogP contribution in [0.2, 0.25) is 0 Å². The van der Waals surface area contributed by atoms with Gasteiger partial charge in [-0.15, -0.1) is 0 Å². The Labute approximate surface area is 164 Å². The zero-order chi connectivity index (χ0) is 20.2. The number of hydrogen-bond donors (Lipinski definition) is 2. The molecule has 0 aliphatic heterocycles. The Kier molecular flexibility index (Phi) is 8.45. The van der Waals surface area contributed by atoms with Crippen LogP contribution in [0, 0.1) is 0 Å². The Morgan fingerprint density at radius 1 is 0.821 bits per heavy atom. The maximum Gasteiger partial charge on any atom is 0.240 e. The largest absolute Gasteiger partial charge is 0.273 e. The van der Waals surface area contributed by atoms with Gasteiger partial charge in [0.25, 0.3) is 0 Å². The van der Waals surface area contributed by atoms with Gasteiger partial charge in [0.15, 0.2) is 0 Å². The third-order valence-electron chi connectivity index (χ3n) is 3.91. The van der Waals surface area contributed by atoms with Gasteiger partial charge in [-0.2, -0.15) is 10.2 Å². The standard InChI is InChI=1S/C20H24N6O2/c1-15(17-7-5-11-21-13-17)23-25-19(27)9-3-4-10-20(28)26-24-16(2)18-8-6-12-22-14-18/h5-8,11-14H,3-4,9-10H2,1-2H3,(H,25,27)(H,26,28). The van der Waals surface area contributed by atoms with E-state index in [1.807, 2.05) is 24.3 Å². The minimum Gasteiger partial charge on any atom is -0.273 e. The molecule has 146 valence electrons. The van der Waals surface area contributed by atoms with E-state index in [1.165, 1.54) is 0 Å². The van der Waals surface area contributed by atoms with E-state index in [9.17, 15) is 9.59 Å². The summed E-state index contributed by atoms with van der Waals surface area (Å²) < 4.78 is 0. The summed E-state index contributed by atoms with van der Waals surface area (Å²) in [6.45, 7) is 3.60. The molecule has 0 fully saturated rings. The van der Waals surface area contributed by atoms with Gasteiger partial charge in [0.05, 0.1) is 11.4 Å². The van der Waals surface area contributed by atoms with E-state index in [1.54, 1.807) is 38.6 Å². The third kappa shape index (κ3) is 7.45. The number of hydrazone groups is 2. The number of pyridine rings is 2. The van der Waals surface area contributed by atoms with Crippen molar-refractivity contribution < 1.29 is 9.59 Å². The van der Waals surface area contributed by atoms with Gasteiger partial charge in [-0.3, -0.25) is 19.6 Å². The van der Waals surface area contributed by atoms with Crippen LogP contribution < -0.4 is 10.9 Å². The van der Waals surface area contributed by atoms with Gasteiger partial charge in [-0.25, -0.2) is 10.9 Å². The van der Waals surface area contributed by atoms with E-state index in [0.29, 0.717) is 37.1 Å². The lowest BCUT2D eigenvalue weighted by Gasteiger charge is -2.04. The van der Waals surface area contributed by atoms with Crippen LogP contribution in [0.3, 0.4) is 0 Å². The van der Waals surface area contributed by atoms with Gasteiger partial charge >= 0.3 is 0 Å². The third-order valence-corrected chi connectivity index (χ3v) is 3.91. The van der Waals surface area contributed by atoms with E-state index in [-0.39, 0.29) is 11.8 Å². The topological polar surface area (TPSA) is 109 Å². The monoisotopic (exact) mass is 380 g/mol. The van der Waals surface area contributed by atoms with Crippen LogP contribution in [0.5, 0.6) is 0 Å². The van der Waals surface area contributed by atoms with Gasteiger partial charge in [0.2, 0.25) is 11.8 Å². The lowest BCUT2D eigenvalue weighted by molar-refractivity contribution is -0.123. The highest BCUT2D eigenvalue weighted by molar-refractivity contribution is 5.99. The number of nitrogens with zero attached hydrogens (tertiary/aromatic N) is 4. The fourth-order valence-corrected chi connectivity index (χ4v) is 2.26. The van der Waals surface area contributed by atoms with Crippen LogP contribution >= 0.6 is 0 Å². The molecule has 0 radical (unpaired) electrons. The minimum atomic E-state index is -0.186. The molecule has 0 bridgehead atoms. The first kappa shape index (κ1) is 20.9. The normalized spacial score (nSPS) is 11.8. The van der Waals surface area contributed by atoms with Crippen molar-refractivity contribution in [2.24, 2.45) is 10.2 Å². The number of amides is 2. The molecule has 2 N–H and O–H groups in total. The van der Waals surface area contributed by atoms with Gasteiger partial charge in [0, 0.05) is 48.8 Å². The maximum atomic E-state index is 11.8. The lowest BCUT2D eigenvalue weighted by Crippen LogP contribution is -2.20. The molecule has 8 heteroatoms. The molecule has 2 rings (SSSR count). The molecule has 2 aromatic heterocycles. The van der Waals surface area contributed by atoms with Crippen LogP contribution in [0.15, 0.2) is 59.3 Å². The molecule has 0 aliphatic rings. The summed E-state index contributed by atoms with van der Waals surface area (Å²) in [4.78, 5) is 31.7.